The van der Waals surface area contributed by atoms with Crippen molar-refractivity contribution in [1.29, 1.82) is 0 Å². The van der Waals surface area contributed by atoms with Crippen molar-refractivity contribution in [2.75, 3.05) is 30.6 Å². The second-order valence-corrected chi connectivity index (χ2v) is 6.30. The SMILES string of the molecule is CSCCCCCNC(=O)NC(CCSC)OC(C)=O. The molecule has 0 aromatic heterocycles. The van der Waals surface area contributed by atoms with Crippen molar-refractivity contribution in [3.63, 3.8) is 0 Å². The number of ether oxygens (including phenoxy) is 1. The zero-order valence-electron chi connectivity index (χ0n) is 12.6. The fourth-order valence-corrected chi connectivity index (χ4v) is 2.48. The van der Waals surface area contributed by atoms with Crippen LogP contribution in [-0.4, -0.2) is 48.8 Å². The normalized spacial score (nSPS) is 11.8. The molecule has 1 atom stereocenters. The van der Waals surface area contributed by atoms with Gasteiger partial charge in [-0.3, -0.25) is 4.79 Å². The van der Waals surface area contributed by atoms with E-state index >= 15 is 0 Å². The van der Waals surface area contributed by atoms with Crippen LogP contribution >= 0.6 is 23.5 Å². The van der Waals surface area contributed by atoms with Gasteiger partial charge in [-0.2, -0.15) is 23.5 Å². The van der Waals surface area contributed by atoms with E-state index in [4.69, 9.17) is 4.74 Å². The monoisotopic (exact) mass is 322 g/mol. The highest BCUT2D eigenvalue weighted by molar-refractivity contribution is 7.98. The van der Waals surface area contributed by atoms with Gasteiger partial charge in [-0.1, -0.05) is 6.42 Å². The predicted octanol–water partition coefficient (Wildman–Crippen LogP) is 2.46. The van der Waals surface area contributed by atoms with E-state index in [1.54, 1.807) is 11.8 Å². The standard InChI is InChI=1S/C13H26N2O3S2/c1-11(16)18-12(7-10-20-3)15-13(17)14-8-5-4-6-9-19-2/h12H,4-10H2,1-3H3,(H2,14,15,17). The molecule has 0 fully saturated rings. The van der Waals surface area contributed by atoms with Gasteiger partial charge in [0.15, 0.2) is 6.23 Å². The summed E-state index contributed by atoms with van der Waals surface area (Å²) in [6, 6.07) is -0.276. The Bertz CT molecular complexity index is 278. The topological polar surface area (TPSA) is 67.4 Å². The number of thioether (sulfide) groups is 2. The quantitative estimate of drug-likeness (QED) is 0.347. The van der Waals surface area contributed by atoms with Crippen molar-refractivity contribution >= 4 is 35.5 Å². The Hall–Kier alpha value is -0.560. The summed E-state index contributed by atoms with van der Waals surface area (Å²) in [6.07, 6.45) is 7.39. The smallest absolute Gasteiger partial charge is 0.317 e. The van der Waals surface area contributed by atoms with Crippen molar-refractivity contribution in [1.82, 2.24) is 10.6 Å². The molecule has 2 amide bonds. The van der Waals surface area contributed by atoms with Gasteiger partial charge in [0.2, 0.25) is 0 Å². The molecule has 20 heavy (non-hydrogen) atoms. The van der Waals surface area contributed by atoms with Crippen molar-refractivity contribution in [2.45, 2.75) is 38.8 Å². The summed E-state index contributed by atoms with van der Waals surface area (Å²) in [4.78, 5) is 22.6. The van der Waals surface area contributed by atoms with E-state index in [0.717, 1.165) is 24.3 Å². The minimum absolute atomic E-state index is 0.276. The fourth-order valence-electron chi connectivity index (χ4n) is 1.53. The van der Waals surface area contributed by atoms with Crippen LogP contribution in [0.25, 0.3) is 0 Å². The zero-order chi connectivity index (χ0) is 15.2. The van der Waals surface area contributed by atoms with Gasteiger partial charge in [0, 0.05) is 19.9 Å². The summed E-state index contributed by atoms with van der Waals surface area (Å²) in [5.41, 5.74) is 0. The Labute approximate surface area is 130 Å². The summed E-state index contributed by atoms with van der Waals surface area (Å²) >= 11 is 3.49. The van der Waals surface area contributed by atoms with E-state index in [1.165, 1.54) is 13.3 Å². The number of unbranched alkanes of at least 4 members (excludes halogenated alkanes) is 2. The van der Waals surface area contributed by atoms with E-state index in [0.29, 0.717) is 13.0 Å². The molecular formula is C13H26N2O3S2. The molecule has 2 N–H and O–H groups in total. The van der Waals surface area contributed by atoms with Crippen LogP contribution in [0.15, 0.2) is 0 Å². The Morgan fingerprint density at radius 3 is 2.40 bits per heavy atom. The number of carbonyl (C=O) groups excluding carboxylic acids is 2. The van der Waals surface area contributed by atoms with Crippen LogP contribution in [0.4, 0.5) is 4.79 Å². The first-order valence-corrected chi connectivity index (χ1v) is 9.58. The van der Waals surface area contributed by atoms with Crippen LogP contribution in [0.3, 0.4) is 0 Å². The van der Waals surface area contributed by atoms with Crippen LogP contribution in [0.1, 0.15) is 32.6 Å². The number of amides is 2. The molecule has 0 aromatic rings. The number of rotatable bonds is 11. The highest BCUT2D eigenvalue weighted by Crippen LogP contribution is 2.03. The van der Waals surface area contributed by atoms with Gasteiger partial charge in [-0.05, 0) is 36.9 Å². The minimum atomic E-state index is -0.545. The number of urea groups is 1. The van der Waals surface area contributed by atoms with Gasteiger partial charge in [0.25, 0.3) is 0 Å². The van der Waals surface area contributed by atoms with E-state index in [-0.39, 0.29) is 12.0 Å². The molecule has 118 valence electrons. The number of esters is 1. The lowest BCUT2D eigenvalue weighted by atomic mass is 10.2. The first kappa shape index (κ1) is 19.4. The lowest BCUT2D eigenvalue weighted by molar-refractivity contribution is -0.147. The van der Waals surface area contributed by atoms with E-state index < -0.39 is 6.23 Å². The van der Waals surface area contributed by atoms with Crippen molar-refractivity contribution in [2.24, 2.45) is 0 Å². The molecule has 1 unspecified atom stereocenters. The number of hydrogen-bond acceptors (Lipinski definition) is 5. The molecule has 0 rings (SSSR count). The molecule has 0 aliphatic carbocycles. The van der Waals surface area contributed by atoms with Crippen LogP contribution in [0.2, 0.25) is 0 Å². The molecule has 5 nitrogen and oxygen atoms in total. The van der Waals surface area contributed by atoms with Crippen LogP contribution in [-0.2, 0) is 9.53 Å². The molecule has 0 aliphatic heterocycles. The van der Waals surface area contributed by atoms with Crippen molar-refractivity contribution in [3.8, 4) is 0 Å². The van der Waals surface area contributed by atoms with E-state index in [2.05, 4.69) is 16.9 Å². The molecule has 0 aromatic carbocycles. The van der Waals surface area contributed by atoms with Crippen LogP contribution < -0.4 is 10.6 Å². The van der Waals surface area contributed by atoms with Crippen molar-refractivity contribution in [3.05, 3.63) is 0 Å². The maximum Gasteiger partial charge on any atom is 0.317 e. The summed E-state index contributed by atoms with van der Waals surface area (Å²) < 4.78 is 5.06. The van der Waals surface area contributed by atoms with Gasteiger partial charge in [-0.25, -0.2) is 4.79 Å². The second-order valence-electron chi connectivity index (χ2n) is 4.33. The maximum atomic E-state index is 11.7. The molecule has 0 saturated carbocycles. The van der Waals surface area contributed by atoms with Crippen LogP contribution in [0.5, 0.6) is 0 Å². The van der Waals surface area contributed by atoms with Gasteiger partial charge in [-0.15, -0.1) is 0 Å². The highest BCUT2D eigenvalue weighted by atomic mass is 32.2. The first-order valence-electron chi connectivity index (χ1n) is 6.79. The average Bonchev–Trinajstić information content (AvgIpc) is 2.39. The highest BCUT2D eigenvalue weighted by Gasteiger charge is 2.14. The molecule has 7 heteroatoms. The third kappa shape index (κ3) is 12.5. The van der Waals surface area contributed by atoms with Crippen LogP contribution in [0, 0.1) is 0 Å². The Morgan fingerprint density at radius 2 is 1.80 bits per heavy atom. The molecular weight excluding hydrogens is 296 g/mol. The Kier molecular flexibility index (Phi) is 13.0. The average molecular weight is 322 g/mol. The summed E-state index contributed by atoms with van der Waals surface area (Å²) in [5.74, 6) is 1.61. The van der Waals surface area contributed by atoms with E-state index in [1.807, 2.05) is 18.0 Å². The minimum Gasteiger partial charge on any atom is -0.442 e. The fraction of sp³-hybridized carbons (Fsp3) is 0.846. The molecule has 0 saturated heterocycles. The summed E-state index contributed by atoms with van der Waals surface area (Å²) in [6.45, 7) is 1.99. The number of nitrogens with one attached hydrogen (secondary N) is 2. The molecule has 0 bridgehead atoms. The van der Waals surface area contributed by atoms with Gasteiger partial charge in [0.1, 0.15) is 0 Å². The summed E-state index contributed by atoms with van der Waals surface area (Å²) in [7, 11) is 0. The molecule has 0 heterocycles. The van der Waals surface area contributed by atoms with Gasteiger partial charge in [0.05, 0.1) is 0 Å². The third-order valence-corrected chi connectivity index (χ3v) is 3.84. The lowest BCUT2D eigenvalue weighted by Crippen LogP contribution is -2.44. The zero-order valence-corrected chi connectivity index (χ0v) is 14.2. The lowest BCUT2D eigenvalue weighted by Gasteiger charge is -2.18. The molecule has 0 spiro atoms. The Balaban J connectivity index is 3.79. The molecule has 0 aliphatic rings. The van der Waals surface area contributed by atoms with Crippen molar-refractivity contribution < 1.29 is 14.3 Å². The summed E-state index contributed by atoms with van der Waals surface area (Å²) in [5, 5.41) is 5.46. The third-order valence-electron chi connectivity index (χ3n) is 2.50. The molecule has 0 radical (unpaired) electrons. The number of hydrogen-bond donors (Lipinski definition) is 2. The Morgan fingerprint density at radius 1 is 1.10 bits per heavy atom. The van der Waals surface area contributed by atoms with Gasteiger partial charge < -0.3 is 15.4 Å². The van der Waals surface area contributed by atoms with E-state index in [9.17, 15) is 9.59 Å². The maximum absolute atomic E-state index is 11.7. The number of carbonyl (C=O) groups is 2. The van der Waals surface area contributed by atoms with Gasteiger partial charge >= 0.3 is 12.0 Å². The predicted molar refractivity (Wildman–Crippen MR) is 87.3 cm³/mol. The second kappa shape index (κ2) is 13.4. The largest absolute Gasteiger partial charge is 0.442 e. The first-order chi connectivity index (χ1) is 9.60.